The number of urea groups is 1. The lowest BCUT2D eigenvalue weighted by Crippen LogP contribution is -2.38. The summed E-state index contributed by atoms with van der Waals surface area (Å²) in [6.45, 7) is 0.783. The van der Waals surface area contributed by atoms with Crippen molar-refractivity contribution in [3.63, 3.8) is 0 Å². The standard InChI is InChI=1S/C17H18N6O3/c24-14(18-9-10-21-16-19-7-4-8-20-16)11-13-15(25)23(17(26)22-13)12-5-2-1-3-6-12/h1-8,13H,9-11H2,(H,18,24)(H,22,26)(H,19,20,21)/t13-/m0/s1. The summed E-state index contributed by atoms with van der Waals surface area (Å²) in [5.74, 6) is -0.292. The molecule has 0 unspecified atom stereocenters. The Morgan fingerprint density at radius 2 is 1.81 bits per heavy atom. The molecule has 0 radical (unpaired) electrons. The fraction of sp³-hybridized carbons (Fsp3) is 0.235. The number of nitrogens with one attached hydrogen (secondary N) is 3. The zero-order chi connectivity index (χ0) is 18.4. The summed E-state index contributed by atoms with van der Waals surface area (Å²) in [5.41, 5.74) is 0.477. The highest BCUT2D eigenvalue weighted by molar-refractivity contribution is 6.22. The van der Waals surface area contributed by atoms with Crippen LogP contribution >= 0.6 is 0 Å². The van der Waals surface area contributed by atoms with Crippen LogP contribution in [0.4, 0.5) is 16.4 Å². The molecule has 2 heterocycles. The fourth-order valence-corrected chi connectivity index (χ4v) is 2.52. The highest BCUT2D eigenvalue weighted by Gasteiger charge is 2.39. The number of hydrogen-bond acceptors (Lipinski definition) is 6. The van der Waals surface area contributed by atoms with E-state index >= 15 is 0 Å². The maximum absolute atomic E-state index is 12.4. The lowest BCUT2D eigenvalue weighted by atomic mass is 10.2. The van der Waals surface area contributed by atoms with Crippen molar-refractivity contribution in [1.82, 2.24) is 20.6 Å². The van der Waals surface area contributed by atoms with Gasteiger partial charge in [-0.3, -0.25) is 9.59 Å². The molecular formula is C17H18N6O3. The summed E-state index contributed by atoms with van der Waals surface area (Å²) in [7, 11) is 0. The highest BCUT2D eigenvalue weighted by Crippen LogP contribution is 2.19. The Morgan fingerprint density at radius 3 is 2.54 bits per heavy atom. The van der Waals surface area contributed by atoms with Crippen LogP contribution in [0.25, 0.3) is 0 Å². The van der Waals surface area contributed by atoms with Crippen LogP contribution in [-0.4, -0.2) is 46.9 Å². The Morgan fingerprint density at radius 1 is 1.08 bits per heavy atom. The molecule has 134 valence electrons. The number of rotatable bonds is 7. The lowest BCUT2D eigenvalue weighted by molar-refractivity contribution is -0.125. The van der Waals surface area contributed by atoms with Crippen molar-refractivity contribution in [3.8, 4) is 0 Å². The number of amides is 4. The first kappa shape index (κ1) is 17.3. The van der Waals surface area contributed by atoms with Crippen LogP contribution in [0.1, 0.15) is 6.42 Å². The molecule has 1 atom stereocenters. The van der Waals surface area contributed by atoms with Crippen molar-refractivity contribution in [2.24, 2.45) is 0 Å². The largest absolute Gasteiger partial charge is 0.354 e. The second kappa shape index (κ2) is 8.06. The quantitative estimate of drug-likeness (QED) is 0.493. The second-order valence-electron chi connectivity index (χ2n) is 5.56. The molecule has 3 N–H and O–H groups in total. The van der Waals surface area contributed by atoms with E-state index in [2.05, 4.69) is 25.9 Å². The number of carbonyl (C=O) groups excluding carboxylic acids is 3. The number of anilines is 2. The van der Waals surface area contributed by atoms with E-state index in [1.54, 1.807) is 48.8 Å². The van der Waals surface area contributed by atoms with Gasteiger partial charge in [-0.05, 0) is 18.2 Å². The fourth-order valence-electron chi connectivity index (χ4n) is 2.52. The summed E-state index contributed by atoms with van der Waals surface area (Å²) < 4.78 is 0. The molecule has 0 saturated carbocycles. The van der Waals surface area contributed by atoms with Gasteiger partial charge in [0.15, 0.2) is 0 Å². The normalized spacial score (nSPS) is 16.3. The first-order valence-corrected chi connectivity index (χ1v) is 8.12. The van der Waals surface area contributed by atoms with E-state index < -0.39 is 18.0 Å². The van der Waals surface area contributed by atoms with E-state index in [4.69, 9.17) is 0 Å². The van der Waals surface area contributed by atoms with Crippen molar-refractivity contribution >= 4 is 29.5 Å². The molecule has 0 spiro atoms. The van der Waals surface area contributed by atoms with Gasteiger partial charge in [0.05, 0.1) is 12.1 Å². The topological polar surface area (TPSA) is 116 Å². The molecule has 9 heteroatoms. The molecule has 1 aliphatic heterocycles. The van der Waals surface area contributed by atoms with Crippen LogP contribution < -0.4 is 20.9 Å². The van der Waals surface area contributed by atoms with Crippen molar-refractivity contribution in [2.75, 3.05) is 23.3 Å². The van der Waals surface area contributed by atoms with Crippen molar-refractivity contribution < 1.29 is 14.4 Å². The molecule has 2 aromatic rings. The van der Waals surface area contributed by atoms with Crippen molar-refractivity contribution in [2.45, 2.75) is 12.5 Å². The summed E-state index contributed by atoms with van der Waals surface area (Å²) >= 11 is 0. The number of nitrogens with zero attached hydrogens (tertiary/aromatic N) is 3. The van der Waals surface area contributed by atoms with E-state index in [-0.39, 0.29) is 12.3 Å². The third kappa shape index (κ3) is 4.12. The summed E-state index contributed by atoms with van der Waals surface area (Å²) in [6.07, 6.45) is 3.11. The van der Waals surface area contributed by atoms with E-state index in [0.717, 1.165) is 4.90 Å². The van der Waals surface area contributed by atoms with Gasteiger partial charge in [-0.1, -0.05) is 18.2 Å². The molecule has 1 aromatic carbocycles. The first-order chi connectivity index (χ1) is 12.6. The average Bonchev–Trinajstić information content (AvgIpc) is 2.93. The molecule has 26 heavy (non-hydrogen) atoms. The molecule has 1 aliphatic rings. The number of aromatic nitrogens is 2. The lowest BCUT2D eigenvalue weighted by Gasteiger charge is -2.12. The van der Waals surface area contributed by atoms with E-state index in [9.17, 15) is 14.4 Å². The molecule has 9 nitrogen and oxygen atoms in total. The van der Waals surface area contributed by atoms with E-state index in [0.29, 0.717) is 24.7 Å². The third-order valence-electron chi connectivity index (χ3n) is 3.72. The maximum atomic E-state index is 12.4. The van der Waals surface area contributed by atoms with E-state index in [1.165, 1.54) is 0 Å². The van der Waals surface area contributed by atoms with Gasteiger partial charge in [0.25, 0.3) is 5.91 Å². The minimum Gasteiger partial charge on any atom is -0.354 e. The van der Waals surface area contributed by atoms with Gasteiger partial charge in [-0.25, -0.2) is 19.7 Å². The molecule has 1 aromatic heterocycles. The van der Waals surface area contributed by atoms with Crippen molar-refractivity contribution in [1.29, 1.82) is 0 Å². The Balaban J connectivity index is 1.46. The molecule has 4 amide bonds. The molecule has 0 bridgehead atoms. The monoisotopic (exact) mass is 354 g/mol. The molecule has 0 aliphatic carbocycles. The zero-order valence-corrected chi connectivity index (χ0v) is 13.9. The Kier molecular flexibility index (Phi) is 5.37. The van der Waals surface area contributed by atoms with Crippen LogP contribution in [0.15, 0.2) is 48.8 Å². The predicted molar refractivity (Wildman–Crippen MR) is 94.4 cm³/mol. The average molecular weight is 354 g/mol. The second-order valence-corrected chi connectivity index (χ2v) is 5.56. The third-order valence-corrected chi connectivity index (χ3v) is 3.72. The Labute approximate surface area is 149 Å². The van der Waals surface area contributed by atoms with Crippen LogP contribution in [-0.2, 0) is 9.59 Å². The van der Waals surface area contributed by atoms with Gasteiger partial charge in [-0.15, -0.1) is 0 Å². The predicted octanol–water partition coefficient (Wildman–Crippen LogP) is 0.520. The van der Waals surface area contributed by atoms with Gasteiger partial charge in [0, 0.05) is 25.5 Å². The van der Waals surface area contributed by atoms with Gasteiger partial charge >= 0.3 is 6.03 Å². The molecular weight excluding hydrogens is 336 g/mol. The van der Waals surface area contributed by atoms with Crippen LogP contribution in [0.3, 0.4) is 0 Å². The molecule has 1 fully saturated rings. The highest BCUT2D eigenvalue weighted by atomic mass is 16.2. The van der Waals surface area contributed by atoms with Gasteiger partial charge in [-0.2, -0.15) is 0 Å². The summed E-state index contributed by atoms with van der Waals surface area (Å²) in [4.78, 5) is 45.5. The number of imide groups is 1. The number of carbonyl (C=O) groups is 3. The van der Waals surface area contributed by atoms with Crippen LogP contribution in [0.5, 0.6) is 0 Å². The minimum absolute atomic E-state index is 0.115. The molecule has 3 rings (SSSR count). The van der Waals surface area contributed by atoms with Gasteiger partial charge < -0.3 is 16.0 Å². The minimum atomic E-state index is -0.867. The van der Waals surface area contributed by atoms with Gasteiger partial charge in [0.1, 0.15) is 6.04 Å². The first-order valence-electron chi connectivity index (χ1n) is 8.12. The van der Waals surface area contributed by atoms with Crippen LogP contribution in [0, 0.1) is 0 Å². The van der Waals surface area contributed by atoms with Crippen LogP contribution in [0.2, 0.25) is 0 Å². The summed E-state index contributed by atoms with van der Waals surface area (Å²) in [5, 5.41) is 8.19. The smallest absolute Gasteiger partial charge is 0.329 e. The number of para-hydroxylation sites is 1. The number of benzene rings is 1. The maximum Gasteiger partial charge on any atom is 0.329 e. The number of hydrogen-bond donors (Lipinski definition) is 3. The summed E-state index contributed by atoms with van der Waals surface area (Å²) in [6, 6.07) is 8.91. The SMILES string of the molecule is O=C(C[C@@H]1NC(=O)N(c2ccccc2)C1=O)NCCNc1ncccn1. The van der Waals surface area contributed by atoms with E-state index in [1.807, 2.05) is 0 Å². The van der Waals surface area contributed by atoms with Gasteiger partial charge in [0.2, 0.25) is 11.9 Å². The zero-order valence-electron chi connectivity index (χ0n) is 13.9. The Bertz CT molecular complexity index is 784. The van der Waals surface area contributed by atoms with Crippen molar-refractivity contribution in [3.05, 3.63) is 48.8 Å². The molecule has 1 saturated heterocycles. The Hall–Kier alpha value is -3.49.